The lowest BCUT2D eigenvalue weighted by Gasteiger charge is -2.30. The van der Waals surface area contributed by atoms with E-state index < -0.39 is 0 Å². The standard InChI is InChI=1S/C24H31Cl2N3O2/c1-24(23(31)15-6-8-28(14-30)9-7-15)11-22(24)29-12-18(21(13-29)27-17-3-4-17)16-2-5-19(25)20(26)10-16/h2,5,10,14-15,17-18,21-22,27H,3-4,6-9,11-13H2,1H3/t18-,21+,22?,24?/m0/s1. The highest BCUT2D eigenvalue weighted by molar-refractivity contribution is 6.42. The van der Waals surface area contributed by atoms with Crippen LogP contribution in [-0.4, -0.2) is 66.3 Å². The lowest BCUT2D eigenvalue weighted by Crippen LogP contribution is -2.40. The van der Waals surface area contributed by atoms with Gasteiger partial charge in [-0.15, -0.1) is 0 Å². The highest BCUT2D eigenvalue weighted by Crippen LogP contribution is 2.54. The fourth-order valence-corrected chi connectivity index (χ4v) is 6.07. The monoisotopic (exact) mass is 463 g/mol. The minimum absolute atomic E-state index is 0.0973. The molecule has 2 saturated heterocycles. The highest BCUT2D eigenvalue weighted by atomic mass is 35.5. The normalized spacial score (nSPS) is 34.2. The summed E-state index contributed by atoms with van der Waals surface area (Å²) in [6.45, 7) is 5.48. The van der Waals surface area contributed by atoms with E-state index in [0.717, 1.165) is 38.8 Å². The summed E-state index contributed by atoms with van der Waals surface area (Å²) in [7, 11) is 0. The van der Waals surface area contributed by atoms with Gasteiger partial charge in [-0.3, -0.25) is 14.5 Å². The van der Waals surface area contributed by atoms with Crippen molar-refractivity contribution in [1.82, 2.24) is 15.1 Å². The number of ketones is 1. The summed E-state index contributed by atoms with van der Waals surface area (Å²) in [4.78, 5) is 28.7. The SMILES string of the molecule is CC1(C(=O)C2CCN(C=O)CC2)CC1N1C[C@@H](NC2CC2)[C@H](c2ccc(Cl)c(Cl)c2)C1. The molecule has 5 nitrogen and oxygen atoms in total. The number of nitrogens with one attached hydrogen (secondary N) is 1. The first-order chi connectivity index (χ1) is 14.9. The van der Waals surface area contributed by atoms with E-state index in [1.54, 1.807) is 4.90 Å². The topological polar surface area (TPSA) is 52.7 Å². The van der Waals surface area contributed by atoms with Crippen LogP contribution in [0.25, 0.3) is 0 Å². The van der Waals surface area contributed by atoms with Crippen molar-refractivity contribution in [3.05, 3.63) is 33.8 Å². The van der Waals surface area contributed by atoms with Gasteiger partial charge in [0, 0.05) is 61.6 Å². The number of benzene rings is 1. The van der Waals surface area contributed by atoms with Crippen LogP contribution in [0.5, 0.6) is 0 Å². The highest BCUT2D eigenvalue weighted by Gasteiger charge is 2.61. The van der Waals surface area contributed by atoms with E-state index in [0.29, 0.717) is 53.0 Å². The average Bonchev–Trinajstić information content (AvgIpc) is 3.68. The maximum absolute atomic E-state index is 13.4. The van der Waals surface area contributed by atoms with Crippen molar-refractivity contribution >= 4 is 35.4 Å². The van der Waals surface area contributed by atoms with Crippen molar-refractivity contribution in [1.29, 1.82) is 0 Å². The van der Waals surface area contributed by atoms with Gasteiger partial charge in [-0.05, 0) is 49.8 Å². The minimum atomic E-state index is -0.245. The molecule has 4 aliphatic rings. The fourth-order valence-electron chi connectivity index (χ4n) is 5.76. The molecule has 7 heteroatoms. The number of rotatable bonds is 7. The summed E-state index contributed by atoms with van der Waals surface area (Å²) in [6, 6.07) is 7.33. The first kappa shape index (κ1) is 21.7. The third-order valence-electron chi connectivity index (χ3n) is 7.99. The average molecular weight is 464 g/mol. The molecule has 1 N–H and O–H groups in total. The van der Waals surface area contributed by atoms with E-state index in [4.69, 9.17) is 23.2 Å². The van der Waals surface area contributed by atoms with E-state index in [1.165, 1.54) is 18.4 Å². The molecule has 2 aliphatic heterocycles. The Hall–Kier alpha value is -1.14. The molecule has 2 aliphatic carbocycles. The number of hydrogen-bond acceptors (Lipinski definition) is 4. The summed E-state index contributed by atoms with van der Waals surface area (Å²) >= 11 is 12.5. The molecule has 31 heavy (non-hydrogen) atoms. The van der Waals surface area contributed by atoms with Crippen molar-refractivity contribution in [2.75, 3.05) is 26.2 Å². The molecule has 2 heterocycles. The molecular formula is C24H31Cl2N3O2. The first-order valence-corrected chi connectivity index (χ1v) is 12.3. The zero-order valence-electron chi connectivity index (χ0n) is 18.0. The quantitative estimate of drug-likeness (QED) is 0.625. The third kappa shape index (κ3) is 4.27. The number of nitrogens with zero attached hydrogens (tertiary/aromatic N) is 2. The van der Waals surface area contributed by atoms with Crippen molar-refractivity contribution in [2.24, 2.45) is 11.3 Å². The Kier molecular flexibility index (Phi) is 5.83. The number of carbonyl (C=O) groups is 2. The molecule has 1 amide bonds. The lowest BCUT2D eigenvalue weighted by atomic mass is 9.84. The molecule has 2 unspecified atom stereocenters. The summed E-state index contributed by atoms with van der Waals surface area (Å²) in [5.74, 6) is 0.860. The van der Waals surface area contributed by atoms with Gasteiger partial charge in [0.25, 0.3) is 0 Å². The van der Waals surface area contributed by atoms with Crippen molar-refractivity contribution < 1.29 is 9.59 Å². The number of carbonyl (C=O) groups excluding carboxylic acids is 2. The second kappa shape index (κ2) is 8.33. The van der Waals surface area contributed by atoms with E-state index in [9.17, 15) is 9.59 Å². The van der Waals surface area contributed by atoms with E-state index >= 15 is 0 Å². The zero-order chi connectivity index (χ0) is 21.8. The molecule has 0 spiro atoms. The van der Waals surface area contributed by atoms with Crippen LogP contribution in [0.15, 0.2) is 18.2 Å². The molecule has 168 valence electrons. The smallest absolute Gasteiger partial charge is 0.209 e. The Bertz CT molecular complexity index is 868. The molecule has 5 rings (SSSR count). The van der Waals surface area contributed by atoms with Crippen molar-refractivity contribution in [3.63, 3.8) is 0 Å². The van der Waals surface area contributed by atoms with Crippen molar-refractivity contribution in [3.8, 4) is 0 Å². The predicted octanol–water partition coefficient (Wildman–Crippen LogP) is 3.73. The van der Waals surface area contributed by atoms with Gasteiger partial charge in [-0.2, -0.15) is 0 Å². The number of piperidine rings is 1. The first-order valence-electron chi connectivity index (χ1n) is 11.6. The number of hydrogen-bond donors (Lipinski definition) is 1. The molecule has 0 bridgehead atoms. The van der Waals surface area contributed by atoms with Crippen LogP contribution < -0.4 is 5.32 Å². The molecule has 2 saturated carbocycles. The zero-order valence-corrected chi connectivity index (χ0v) is 19.5. The number of Topliss-reactive ketones (excluding diaryl/α,β-unsaturated/α-hetero) is 1. The van der Waals surface area contributed by atoms with Crippen molar-refractivity contribution in [2.45, 2.75) is 63.1 Å². The van der Waals surface area contributed by atoms with Gasteiger partial charge in [0.1, 0.15) is 5.78 Å². The predicted molar refractivity (Wildman–Crippen MR) is 123 cm³/mol. The number of amides is 1. The number of likely N-dealkylation sites (tertiary alicyclic amines) is 2. The summed E-state index contributed by atoms with van der Waals surface area (Å²) in [5.41, 5.74) is 0.981. The van der Waals surface area contributed by atoms with E-state index in [2.05, 4.69) is 23.2 Å². The minimum Gasteiger partial charge on any atom is -0.345 e. The van der Waals surface area contributed by atoms with Gasteiger partial charge >= 0.3 is 0 Å². The second-order valence-corrected chi connectivity index (χ2v) is 11.0. The maximum atomic E-state index is 13.4. The Labute approximate surface area is 194 Å². The third-order valence-corrected chi connectivity index (χ3v) is 8.73. The summed E-state index contributed by atoms with van der Waals surface area (Å²) in [5, 5.41) is 5.04. The van der Waals surface area contributed by atoms with Crippen LogP contribution >= 0.6 is 23.2 Å². The van der Waals surface area contributed by atoms with Gasteiger partial charge < -0.3 is 10.2 Å². The maximum Gasteiger partial charge on any atom is 0.209 e. The summed E-state index contributed by atoms with van der Waals surface area (Å²) in [6.07, 6.45) is 5.97. The molecule has 0 radical (unpaired) electrons. The number of halogens is 2. The van der Waals surface area contributed by atoms with Crippen LogP contribution in [0.4, 0.5) is 0 Å². The molecule has 4 fully saturated rings. The Balaban J connectivity index is 1.28. The van der Waals surface area contributed by atoms with Crippen LogP contribution in [0.2, 0.25) is 10.0 Å². The van der Waals surface area contributed by atoms with Gasteiger partial charge in [0.15, 0.2) is 0 Å². The van der Waals surface area contributed by atoms with Crippen LogP contribution in [0.1, 0.15) is 50.5 Å². The van der Waals surface area contributed by atoms with Crippen LogP contribution in [0.3, 0.4) is 0 Å². The molecule has 1 aromatic carbocycles. The Morgan fingerprint density at radius 2 is 1.87 bits per heavy atom. The van der Waals surface area contributed by atoms with Crippen LogP contribution in [-0.2, 0) is 9.59 Å². The van der Waals surface area contributed by atoms with Gasteiger partial charge in [0.2, 0.25) is 6.41 Å². The van der Waals surface area contributed by atoms with Crippen LogP contribution in [0, 0.1) is 11.3 Å². The van der Waals surface area contributed by atoms with Gasteiger partial charge in [-0.25, -0.2) is 0 Å². The van der Waals surface area contributed by atoms with E-state index in [-0.39, 0.29) is 11.3 Å². The molecule has 4 atom stereocenters. The Morgan fingerprint density at radius 3 is 2.52 bits per heavy atom. The molecule has 1 aromatic rings. The Morgan fingerprint density at radius 1 is 1.13 bits per heavy atom. The van der Waals surface area contributed by atoms with E-state index in [1.807, 2.05) is 12.1 Å². The summed E-state index contributed by atoms with van der Waals surface area (Å²) < 4.78 is 0. The van der Waals surface area contributed by atoms with Gasteiger partial charge in [0.05, 0.1) is 10.0 Å². The molecular weight excluding hydrogens is 433 g/mol. The second-order valence-electron chi connectivity index (χ2n) is 10.2. The lowest BCUT2D eigenvalue weighted by molar-refractivity contribution is -0.131. The largest absolute Gasteiger partial charge is 0.345 e. The fraction of sp³-hybridized carbons (Fsp3) is 0.667. The molecule has 0 aromatic heterocycles. The van der Waals surface area contributed by atoms with Gasteiger partial charge in [-0.1, -0.05) is 36.2 Å².